The molecule has 1 aromatic heterocycles. The Bertz CT molecular complexity index is 1420. The molecule has 6 heteroatoms. The summed E-state index contributed by atoms with van der Waals surface area (Å²) in [5.41, 5.74) is 3.66. The molecule has 0 saturated heterocycles. The highest BCUT2D eigenvalue weighted by Gasteiger charge is 2.15. The molecule has 1 N–H and O–H groups in total. The van der Waals surface area contributed by atoms with Gasteiger partial charge >= 0.3 is 0 Å². The Morgan fingerprint density at radius 2 is 1.75 bits per heavy atom. The second kappa shape index (κ2) is 9.16. The van der Waals surface area contributed by atoms with Crippen LogP contribution in [-0.4, -0.2) is 19.3 Å². The molecule has 0 saturated carbocycles. The van der Waals surface area contributed by atoms with Gasteiger partial charge in [-0.3, -0.25) is 9.78 Å². The Hall–Kier alpha value is -3.77. The standard InChI is InChI=1S/C26H22N2O3S/c1-19-6-2-11-23(16-19)32(30,31)18-21-8-3-7-20(17-21)13-14-25(29)28-24-12-4-9-22-10-5-15-27-26(22)24/h2-17H,18H2,1H3,(H,28,29)/b14-13+. The second-order valence-electron chi connectivity index (χ2n) is 7.52. The topological polar surface area (TPSA) is 76.1 Å². The van der Waals surface area contributed by atoms with Gasteiger partial charge in [0.15, 0.2) is 9.84 Å². The number of aryl methyl sites for hydroxylation is 1. The number of benzene rings is 3. The van der Waals surface area contributed by atoms with Gasteiger partial charge in [-0.25, -0.2) is 8.42 Å². The predicted octanol–water partition coefficient (Wildman–Crippen LogP) is 5.17. The number of hydrogen-bond donors (Lipinski definition) is 1. The lowest BCUT2D eigenvalue weighted by Gasteiger charge is -2.07. The van der Waals surface area contributed by atoms with Crippen molar-refractivity contribution >= 4 is 38.4 Å². The monoisotopic (exact) mass is 442 g/mol. The maximum atomic E-state index is 12.8. The number of nitrogens with one attached hydrogen (secondary N) is 1. The van der Waals surface area contributed by atoms with Gasteiger partial charge < -0.3 is 5.32 Å². The van der Waals surface area contributed by atoms with Crippen molar-refractivity contribution in [3.63, 3.8) is 0 Å². The summed E-state index contributed by atoms with van der Waals surface area (Å²) in [5.74, 6) is -0.396. The third kappa shape index (κ3) is 5.10. The van der Waals surface area contributed by atoms with Crippen molar-refractivity contribution in [1.82, 2.24) is 4.98 Å². The van der Waals surface area contributed by atoms with Crippen LogP contribution in [-0.2, 0) is 20.4 Å². The van der Waals surface area contributed by atoms with Crippen molar-refractivity contribution in [3.8, 4) is 0 Å². The molecule has 0 radical (unpaired) electrons. The lowest BCUT2D eigenvalue weighted by molar-refractivity contribution is -0.111. The number of amides is 1. The zero-order valence-electron chi connectivity index (χ0n) is 17.5. The summed E-state index contributed by atoms with van der Waals surface area (Å²) >= 11 is 0. The summed E-state index contributed by atoms with van der Waals surface area (Å²) in [4.78, 5) is 17.1. The summed E-state index contributed by atoms with van der Waals surface area (Å²) in [6.07, 6.45) is 4.77. The summed E-state index contributed by atoms with van der Waals surface area (Å²) < 4.78 is 25.5. The molecule has 4 rings (SSSR count). The van der Waals surface area contributed by atoms with Crippen LogP contribution in [0.2, 0.25) is 0 Å². The molecule has 0 aliphatic heterocycles. The van der Waals surface area contributed by atoms with E-state index in [2.05, 4.69) is 10.3 Å². The van der Waals surface area contributed by atoms with Gasteiger partial charge in [-0.05, 0) is 54.0 Å². The first-order chi connectivity index (χ1) is 15.4. The molecular weight excluding hydrogens is 420 g/mol. The molecule has 0 unspecified atom stereocenters. The summed E-state index contributed by atoms with van der Waals surface area (Å²) in [6, 6.07) is 23.4. The van der Waals surface area contributed by atoms with Crippen molar-refractivity contribution in [1.29, 1.82) is 0 Å². The zero-order chi connectivity index (χ0) is 22.6. The highest BCUT2D eigenvalue weighted by Crippen LogP contribution is 2.21. The average Bonchev–Trinajstić information content (AvgIpc) is 2.78. The van der Waals surface area contributed by atoms with Crippen molar-refractivity contribution in [2.24, 2.45) is 0 Å². The van der Waals surface area contributed by atoms with Crippen molar-refractivity contribution in [2.45, 2.75) is 17.6 Å². The first kappa shape index (κ1) is 21.5. The molecule has 32 heavy (non-hydrogen) atoms. The van der Waals surface area contributed by atoms with Crippen LogP contribution in [0.15, 0.2) is 96.0 Å². The van der Waals surface area contributed by atoms with E-state index in [9.17, 15) is 13.2 Å². The van der Waals surface area contributed by atoms with Gasteiger partial charge in [0.2, 0.25) is 5.91 Å². The fourth-order valence-electron chi connectivity index (χ4n) is 3.45. The van der Waals surface area contributed by atoms with Crippen LogP contribution >= 0.6 is 0 Å². The number of sulfone groups is 1. The number of hydrogen-bond acceptors (Lipinski definition) is 4. The third-order valence-corrected chi connectivity index (χ3v) is 6.66. The van der Waals surface area contributed by atoms with E-state index < -0.39 is 9.84 Å². The Morgan fingerprint density at radius 3 is 2.59 bits per heavy atom. The van der Waals surface area contributed by atoms with E-state index in [-0.39, 0.29) is 11.7 Å². The smallest absolute Gasteiger partial charge is 0.248 e. The molecule has 1 heterocycles. The number of carbonyl (C=O) groups is 1. The Kier molecular flexibility index (Phi) is 6.14. The van der Waals surface area contributed by atoms with Gasteiger partial charge in [-0.2, -0.15) is 0 Å². The van der Waals surface area contributed by atoms with E-state index in [1.165, 1.54) is 6.08 Å². The molecule has 0 atom stereocenters. The minimum Gasteiger partial charge on any atom is -0.321 e. The molecule has 0 fully saturated rings. The van der Waals surface area contributed by atoms with E-state index in [1.54, 1.807) is 54.7 Å². The molecule has 1 amide bonds. The second-order valence-corrected chi connectivity index (χ2v) is 9.51. The van der Waals surface area contributed by atoms with E-state index in [0.29, 0.717) is 16.1 Å². The van der Waals surface area contributed by atoms with E-state index >= 15 is 0 Å². The fraction of sp³-hybridized carbons (Fsp3) is 0.0769. The van der Waals surface area contributed by atoms with Crippen LogP contribution in [0.3, 0.4) is 0 Å². The van der Waals surface area contributed by atoms with Crippen LogP contribution in [0.25, 0.3) is 17.0 Å². The van der Waals surface area contributed by atoms with Crippen molar-refractivity contribution < 1.29 is 13.2 Å². The van der Waals surface area contributed by atoms with Gasteiger partial charge in [0, 0.05) is 17.7 Å². The fourth-order valence-corrected chi connectivity index (χ4v) is 4.89. The third-order valence-electron chi connectivity index (χ3n) is 4.97. The van der Waals surface area contributed by atoms with Gasteiger partial charge in [-0.1, -0.05) is 54.6 Å². The molecule has 3 aromatic carbocycles. The first-order valence-electron chi connectivity index (χ1n) is 10.1. The number of nitrogens with zero attached hydrogens (tertiary/aromatic N) is 1. The lowest BCUT2D eigenvalue weighted by Crippen LogP contribution is -2.08. The summed E-state index contributed by atoms with van der Waals surface area (Å²) in [5, 5.41) is 3.79. The van der Waals surface area contributed by atoms with E-state index in [4.69, 9.17) is 0 Å². The van der Waals surface area contributed by atoms with Gasteiger partial charge in [0.05, 0.1) is 21.9 Å². The van der Waals surface area contributed by atoms with Crippen molar-refractivity contribution in [3.05, 3.63) is 108 Å². The predicted molar refractivity (Wildman–Crippen MR) is 128 cm³/mol. The highest BCUT2D eigenvalue weighted by atomic mass is 32.2. The van der Waals surface area contributed by atoms with E-state index in [0.717, 1.165) is 22.0 Å². The molecule has 160 valence electrons. The van der Waals surface area contributed by atoms with Gasteiger partial charge in [0.25, 0.3) is 0 Å². The van der Waals surface area contributed by atoms with E-state index in [1.807, 2.05) is 43.3 Å². The molecule has 0 spiro atoms. The van der Waals surface area contributed by atoms with Crippen LogP contribution in [0.1, 0.15) is 16.7 Å². The molecular formula is C26H22N2O3S. The number of fused-ring (bicyclic) bond motifs is 1. The number of anilines is 1. The normalized spacial score (nSPS) is 11.7. The van der Waals surface area contributed by atoms with Crippen LogP contribution in [0.4, 0.5) is 5.69 Å². The summed E-state index contributed by atoms with van der Waals surface area (Å²) in [7, 11) is -3.46. The molecule has 0 aliphatic rings. The zero-order valence-corrected chi connectivity index (χ0v) is 18.3. The quantitative estimate of drug-likeness (QED) is 0.418. The van der Waals surface area contributed by atoms with Crippen LogP contribution < -0.4 is 5.32 Å². The first-order valence-corrected chi connectivity index (χ1v) is 11.8. The number of carbonyl (C=O) groups excluding carboxylic acids is 1. The average molecular weight is 443 g/mol. The minimum absolute atomic E-state index is 0.105. The van der Waals surface area contributed by atoms with Crippen molar-refractivity contribution in [2.75, 3.05) is 5.32 Å². The lowest BCUT2D eigenvalue weighted by atomic mass is 10.1. The maximum Gasteiger partial charge on any atom is 0.248 e. The van der Waals surface area contributed by atoms with Gasteiger partial charge in [0.1, 0.15) is 0 Å². The number of aromatic nitrogens is 1. The SMILES string of the molecule is Cc1cccc(S(=O)(=O)Cc2cccc(/C=C/C(=O)Nc3cccc4cccnc34)c2)c1. The molecule has 0 aliphatic carbocycles. The van der Waals surface area contributed by atoms with Crippen LogP contribution in [0, 0.1) is 6.92 Å². The largest absolute Gasteiger partial charge is 0.321 e. The molecule has 5 nitrogen and oxygen atoms in total. The Labute approximate surface area is 187 Å². The number of para-hydroxylation sites is 1. The van der Waals surface area contributed by atoms with Gasteiger partial charge in [-0.15, -0.1) is 0 Å². The summed E-state index contributed by atoms with van der Waals surface area (Å²) in [6.45, 7) is 1.86. The molecule has 0 bridgehead atoms. The van der Waals surface area contributed by atoms with Crippen LogP contribution in [0.5, 0.6) is 0 Å². The number of rotatable bonds is 6. The molecule has 4 aromatic rings. The highest BCUT2D eigenvalue weighted by molar-refractivity contribution is 7.90. The number of pyridine rings is 1. The minimum atomic E-state index is -3.46. The maximum absolute atomic E-state index is 12.8. The Morgan fingerprint density at radius 1 is 0.969 bits per heavy atom. The Balaban J connectivity index is 1.48.